The number of amides is 1. The molecule has 1 amide bonds. The van der Waals surface area contributed by atoms with Gasteiger partial charge in [-0.3, -0.25) is 4.79 Å². The fraction of sp³-hybridized carbons (Fsp3) is 0.200. The number of hydrogen-bond acceptors (Lipinski definition) is 4. The Kier molecular flexibility index (Phi) is 5.21. The molecule has 1 heterocycles. The molecule has 0 atom stereocenters. The molecule has 0 aliphatic carbocycles. The number of benzene rings is 2. The third kappa shape index (κ3) is 3.97. The van der Waals surface area contributed by atoms with Crippen LogP contribution in [-0.4, -0.2) is 11.1 Å². The standard InChI is InChI=1S/C20H18F2N2O3/c1-11-5-4-6-18(12(11)2)26-10-15-13(3)27-24-19(15)20(25)23-14-7-8-16(21)17(22)9-14/h4-9H,10H2,1-3H3,(H,23,25). The number of hydrogen-bond donors (Lipinski definition) is 1. The molecule has 0 aliphatic rings. The third-order valence-corrected chi connectivity index (χ3v) is 4.30. The second-order valence-corrected chi connectivity index (χ2v) is 6.14. The lowest BCUT2D eigenvalue weighted by atomic mass is 10.1. The lowest BCUT2D eigenvalue weighted by Gasteiger charge is -2.11. The molecule has 27 heavy (non-hydrogen) atoms. The lowest BCUT2D eigenvalue weighted by Crippen LogP contribution is -2.15. The summed E-state index contributed by atoms with van der Waals surface area (Å²) in [5.41, 5.74) is 2.71. The minimum Gasteiger partial charge on any atom is -0.488 e. The summed E-state index contributed by atoms with van der Waals surface area (Å²) in [4.78, 5) is 12.5. The molecule has 0 fully saturated rings. The number of carbonyl (C=O) groups is 1. The normalized spacial score (nSPS) is 10.7. The molecule has 0 bridgehead atoms. The van der Waals surface area contributed by atoms with Gasteiger partial charge in [0.25, 0.3) is 5.91 Å². The van der Waals surface area contributed by atoms with Crippen molar-refractivity contribution >= 4 is 11.6 Å². The maximum atomic E-state index is 13.3. The first-order valence-corrected chi connectivity index (χ1v) is 8.27. The Bertz CT molecular complexity index is 999. The molecule has 5 nitrogen and oxygen atoms in total. The van der Waals surface area contributed by atoms with Crippen LogP contribution in [0.2, 0.25) is 0 Å². The first kappa shape index (κ1) is 18.6. The zero-order valence-corrected chi connectivity index (χ0v) is 15.1. The average molecular weight is 372 g/mol. The Balaban J connectivity index is 1.78. The summed E-state index contributed by atoms with van der Waals surface area (Å²) in [6.07, 6.45) is 0. The maximum Gasteiger partial charge on any atom is 0.278 e. The molecule has 7 heteroatoms. The van der Waals surface area contributed by atoms with E-state index in [-0.39, 0.29) is 18.0 Å². The van der Waals surface area contributed by atoms with Gasteiger partial charge < -0.3 is 14.6 Å². The van der Waals surface area contributed by atoms with Crippen molar-refractivity contribution in [2.75, 3.05) is 5.32 Å². The minimum atomic E-state index is -1.05. The van der Waals surface area contributed by atoms with Crippen molar-refractivity contribution in [1.29, 1.82) is 0 Å². The van der Waals surface area contributed by atoms with Gasteiger partial charge in [-0.1, -0.05) is 17.3 Å². The van der Waals surface area contributed by atoms with Crippen LogP contribution >= 0.6 is 0 Å². The number of anilines is 1. The van der Waals surface area contributed by atoms with Crippen LogP contribution in [0.15, 0.2) is 40.9 Å². The topological polar surface area (TPSA) is 64.4 Å². The fourth-order valence-corrected chi connectivity index (χ4v) is 2.53. The highest BCUT2D eigenvalue weighted by Gasteiger charge is 2.21. The number of halogens is 2. The van der Waals surface area contributed by atoms with E-state index in [9.17, 15) is 13.6 Å². The Hall–Kier alpha value is -3.22. The van der Waals surface area contributed by atoms with E-state index in [2.05, 4.69) is 10.5 Å². The number of aromatic nitrogens is 1. The van der Waals surface area contributed by atoms with Gasteiger partial charge in [0.15, 0.2) is 17.3 Å². The fourth-order valence-electron chi connectivity index (χ4n) is 2.53. The highest BCUT2D eigenvalue weighted by atomic mass is 19.2. The Morgan fingerprint density at radius 3 is 2.67 bits per heavy atom. The highest BCUT2D eigenvalue weighted by Crippen LogP contribution is 2.24. The second-order valence-electron chi connectivity index (χ2n) is 6.14. The van der Waals surface area contributed by atoms with E-state index < -0.39 is 17.5 Å². The van der Waals surface area contributed by atoms with E-state index in [1.54, 1.807) is 6.92 Å². The number of nitrogens with one attached hydrogen (secondary N) is 1. The highest BCUT2D eigenvalue weighted by molar-refractivity contribution is 6.03. The van der Waals surface area contributed by atoms with Crippen molar-refractivity contribution in [1.82, 2.24) is 5.16 Å². The second kappa shape index (κ2) is 7.57. The van der Waals surface area contributed by atoms with Crippen molar-refractivity contribution in [3.63, 3.8) is 0 Å². The number of ether oxygens (including phenoxy) is 1. The number of nitrogens with zero attached hydrogens (tertiary/aromatic N) is 1. The number of carbonyl (C=O) groups excluding carboxylic acids is 1. The summed E-state index contributed by atoms with van der Waals surface area (Å²) in [6.45, 7) is 5.68. The van der Waals surface area contributed by atoms with Crippen LogP contribution in [-0.2, 0) is 6.61 Å². The maximum absolute atomic E-state index is 13.3. The largest absolute Gasteiger partial charge is 0.488 e. The molecule has 0 saturated carbocycles. The summed E-state index contributed by atoms with van der Waals surface area (Å²) in [5.74, 6) is -1.51. The van der Waals surface area contributed by atoms with Gasteiger partial charge in [0.2, 0.25) is 0 Å². The SMILES string of the molecule is Cc1cccc(OCc2c(C(=O)Nc3ccc(F)c(F)c3)noc2C)c1C. The van der Waals surface area contributed by atoms with Gasteiger partial charge >= 0.3 is 0 Å². The van der Waals surface area contributed by atoms with E-state index in [1.165, 1.54) is 6.07 Å². The van der Waals surface area contributed by atoms with Crippen molar-refractivity contribution in [3.8, 4) is 5.75 Å². The van der Waals surface area contributed by atoms with Gasteiger partial charge in [0.05, 0.1) is 5.56 Å². The van der Waals surface area contributed by atoms with Crippen LogP contribution in [0.3, 0.4) is 0 Å². The van der Waals surface area contributed by atoms with E-state index in [0.717, 1.165) is 23.3 Å². The molecule has 0 unspecified atom stereocenters. The monoisotopic (exact) mass is 372 g/mol. The lowest BCUT2D eigenvalue weighted by molar-refractivity contribution is 0.101. The number of aryl methyl sites for hydroxylation is 2. The van der Waals surface area contributed by atoms with Crippen LogP contribution in [0, 0.1) is 32.4 Å². The Morgan fingerprint density at radius 1 is 1.15 bits per heavy atom. The molecule has 0 saturated heterocycles. The van der Waals surface area contributed by atoms with E-state index >= 15 is 0 Å². The predicted molar refractivity (Wildman–Crippen MR) is 95.8 cm³/mol. The van der Waals surface area contributed by atoms with Crippen molar-refractivity contribution in [2.24, 2.45) is 0 Å². The predicted octanol–water partition coefficient (Wildman–Crippen LogP) is 4.71. The summed E-state index contributed by atoms with van der Waals surface area (Å²) >= 11 is 0. The van der Waals surface area contributed by atoms with Crippen LogP contribution in [0.1, 0.15) is 32.9 Å². The molecule has 1 N–H and O–H groups in total. The number of rotatable bonds is 5. The molecule has 0 aliphatic heterocycles. The molecule has 3 rings (SSSR count). The van der Waals surface area contributed by atoms with Crippen LogP contribution in [0.25, 0.3) is 0 Å². The van der Waals surface area contributed by atoms with Gasteiger partial charge in [-0.2, -0.15) is 0 Å². The average Bonchev–Trinajstić information content (AvgIpc) is 3.00. The van der Waals surface area contributed by atoms with Gasteiger partial charge in [0.1, 0.15) is 18.1 Å². The molecule has 1 aromatic heterocycles. The molecule has 0 radical (unpaired) electrons. The summed E-state index contributed by atoms with van der Waals surface area (Å²) in [7, 11) is 0. The molecule has 0 spiro atoms. The third-order valence-electron chi connectivity index (χ3n) is 4.30. The van der Waals surface area contributed by atoms with E-state index in [4.69, 9.17) is 9.26 Å². The molecule has 140 valence electrons. The van der Waals surface area contributed by atoms with Crippen molar-refractivity contribution < 1.29 is 22.8 Å². The zero-order valence-electron chi connectivity index (χ0n) is 15.1. The van der Waals surface area contributed by atoms with Crippen LogP contribution in [0.4, 0.5) is 14.5 Å². The van der Waals surface area contributed by atoms with Gasteiger partial charge in [0, 0.05) is 11.8 Å². The van der Waals surface area contributed by atoms with Crippen molar-refractivity contribution in [3.05, 3.63) is 76.2 Å². The molecule has 3 aromatic rings. The zero-order chi connectivity index (χ0) is 19.6. The Labute approximate surface area is 154 Å². The van der Waals surface area contributed by atoms with Gasteiger partial charge in [-0.05, 0) is 50.1 Å². The molecular formula is C20H18F2N2O3. The Morgan fingerprint density at radius 2 is 1.93 bits per heavy atom. The summed E-state index contributed by atoms with van der Waals surface area (Å²) < 4.78 is 37.3. The van der Waals surface area contributed by atoms with E-state index in [1.807, 2.05) is 32.0 Å². The van der Waals surface area contributed by atoms with Gasteiger partial charge in [-0.25, -0.2) is 8.78 Å². The quantitative estimate of drug-likeness (QED) is 0.704. The summed E-state index contributed by atoms with van der Waals surface area (Å²) in [6, 6.07) is 8.79. The summed E-state index contributed by atoms with van der Waals surface area (Å²) in [5, 5.41) is 6.24. The first-order valence-electron chi connectivity index (χ1n) is 8.27. The van der Waals surface area contributed by atoms with E-state index in [0.29, 0.717) is 17.1 Å². The van der Waals surface area contributed by atoms with Crippen molar-refractivity contribution in [2.45, 2.75) is 27.4 Å². The molecule has 2 aromatic carbocycles. The van der Waals surface area contributed by atoms with Gasteiger partial charge in [-0.15, -0.1) is 0 Å². The minimum absolute atomic E-state index is 0.0301. The first-order chi connectivity index (χ1) is 12.9. The van der Waals surface area contributed by atoms with Crippen LogP contribution < -0.4 is 10.1 Å². The molecular weight excluding hydrogens is 354 g/mol. The van der Waals surface area contributed by atoms with Crippen LogP contribution in [0.5, 0.6) is 5.75 Å². The smallest absolute Gasteiger partial charge is 0.278 e.